The third-order valence-electron chi connectivity index (χ3n) is 6.11. The Morgan fingerprint density at radius 1 is 1.22 bits per heavy atom. The highest BCUT2D eigenvalue weighted by Crippen LogP contribution is 2.27. The van der Waals surface area contributed by atoms with Gasteiger partial charge in [-0.15, -0.1) is 0 Å². The summed E-state index contributed by atoms with van der Waals surface area (Å²) in [6.45, 7) is 11.7. The summed E-state index contributed by atoms with van der Waals surface area (Å²) in [7, 11) is 1.71. The second-order valence-electron chi connectivity index (χ2n) is 9.00. The molecule has 180 valence electrons. The maximum absolute atomic E-state index is 10.9. The first-order valence-corrected chi connectivity index (χ1v) is 11.9. The lowest BCUT2D eigenvalue weighted by atomic mass is 10.0. The third kappa shape index (κ3) is 7.62. The van der Waals surface area contributed by atoms with Gasteiger partial charge in [-0.25, -0.2) is 0 Å². The molecular weight excluding hydrogens is 406 g/mol. The van der Waals surface area contributed by atoms with Gasteiger partial charge in [0.05, 0.1) is 38.5 Å². The molecule has 2 heterocycles. The molecule has 1 aromatic rings. The number of nitrogens with zero attached hydrogens (tertiary/aromatic N) is 3. The average molecular weight is 448 g/mol. The number of β-amino-alcohol motifs (C(OH)–C–C–N with tert-alkyl or cyclic N) is 1. The minimum Gasteiger partial charge on any atom is -0.497 e. The van der Waals surface area contributed by atoms with Crippen molar-refractivity contribution < 1.29 is 14.6 Å². The largest absolute Gasteiger partial charge is 0.497 e. The summed E-state index contributed by atoms with van der Waals surface area (Å²) >= 11 is 0. The van der Waals surface area contributed by atoms with Crippen molar-refractivity contribution in [2.45, 2.75) is 38.3 Å². The fourth-order valence-corrected chi connectivity index (χ4v) is 4.44. The van der Waals surface area contributed by atoms with Crippen molar-refractivity contribution in [3.63, 3.8) is 0 Å². The molecule has 32 heavy (non-hydrogen) atoms. The van der Waals surface area contributed by atoms with Crippen LogP contribution in [-0.2, 0) is 4.74 Å². The number of hydrogen-bond donors (Lipinski definition) is 3. The van der Waals surface area contributed by atoms with Crippen LogP contribution in [-0.4, -0.2) is 99.1 Å². The molecule has 2 aliphatic heterocycles. The van der Waals surface area contributed by atoms with Crippen molar-refractivity contribution in [1.29, 1.82) is 0 Å². The predicted molar refractivity (Wildman–Crippen MR) is 128 cm³/mol. The molecule has 3 rings (SSSR count). The zero-order valence-electron chi connectivity index (χ0n) is 20.0. The quantitative estimate of drug-likeness (QED) is 0.370. The van der Waals surface area contributed by atoms with E-state index in [-0.39, 0.29) is 6.04 Å². The van der Waals surface area contributed by atoms with Crippen LogP contribution in [0.15, 0.2) is 29.3 Å². The Labute approximate surface area is 193 Å². The average Bonchev–Trinajstić information content (AvgIpc) is 3.33. The Balaban J connectivity index is 1.64. The van der Waals surface area contributed by atoms with E-state index >= 15 is 0 Å². The molecule has 2 unspecified atom stereocenters. The third-order valence-corrected chi connectivity index (χ3v) is 6.11. The minimum absolute atomic E-state index is 0.241. The predicted octanol–water partition coefficient (Wildman–Crippen LogP) is 1.47. The van der Waals surface area contributed by atoms with E-state index in [1.54, 1.807) is 7.11 Å². The zero-order valence-corrected chi connectivity index (χ0v) is 20.0. The highest BCUT2D eigenvalue weighted by atomic mass is 16.5. The van der Waals surface area contributed by atoms with Crippen molar-refractivity contribution in [2.24, 2.45) is 4.99 Å². The van der Waals surface area contributed by atoms with Crippen LogP contribution in [0.5, 0.6) is 5.75 Å². The number of likely N-dealkylation sites (tertiary alicyclic amines) is 1. The monoisotopic (exact) mass is 447 g/mol. The first-order chi connectivity index (χ1) is 15.5. The van der Waals surface area contributed by atoms with Crippen LogP contribution in [0.1, 0.15) is 38.3 Å². The number of methoxy groups -OCH3 is 1. The maximum atomic E-state index is 10.9. The summed E-state index contributed by atoms with van der Waals surface area (Å²) in [5.74, 6) is 1.62. The van der Waals surface area contributed by atoms with Crippen LogP contribution in [0.25, 0.3) is 0 Å². The van der Waals surface area contributed by atoms with Gasteiger partial charge in [-0.05, 0) is 57.5 Å². The van der Waals surface area contributed by atoms with Crippen LogP contribution in [0, 0.1) is 0 Å². The molecule has 0 spiro atoms. The maximum Gasteiger partial charge on any atom is 0.191 e. The number of rotatable bonds is 10. The lowest BCUT2D eigenvalue weighted by molar-refractivity contribution is -0.0180. The van der Waals surface area contributed by atoms with Crippen molar-refractivity contribution in [3.05, 3.63) is 29.8 Å². The molecule has 0 aliphatic carbocycles. The van der Waals surface area contributed by atoms with Crippen molar-refractivity contribution in [3.8, 4) is 5.75 Å². The number of morpholine rings is 1. The first kappa shape index (κ1) is 24.8. The highest BCUT2D eigenvalue weighted by Gasteiger charge is 2.26. The molecule has 2 fully saturated rings. The molecule has 0 aromatic heterocycles. The van der Waals surface area contributed by atoms with Crippen LogP contribution in [0.2, 0.25) is 0 Å². The smallest absolute Gasteiger partial charge is 0.191 e. The van der Waals surface area contributed by atoms with E-state index in [2.05, 4.69) is 45.6 Å². The van der Waals surface area contributed by atoms with Crippen LogP contribution >= 0.6 is 0 Å². The van der Waals surface area contributed by atoms with Gasteiger partial charge in [-0.2, -0.15) is 0 Å². The number of nitrogens with one attached hydrogen (secondary N) is 2. The van der Waals surface area contributed by atoms with E-state index in [0.29, 0.717) is 13.1 Å². The highest BCUT2D eigenvalue weighted by molar-refractivity contribution is 5.79. The first-order valence-electron chi connectivity index (χ1n) is 11.9. The molecule has 2 atom stereocenters. The molecule has 8 nitrogen and oxygen atoms in total. The molecule has 3 N–H and O–H groups in total. The molecule has 0 radical (unpaired) electrons. The van der Waals surface area contributed by atoms with Gasteiger partial charge in [0.15, 0.2) is 5.96 Å². The summed E-state index contributed by atoms with van der Waals surface area (Å²) < 4.78 is 10.9. The van der Waals surface area contributed by atoms with E-state index < -0.39 is 5.60 Å². The summed E-state index contributed by atoms with van der Waals surface area (Å²) in [6, 6.07) is 8.58. The number of aliphatic imine (C=N–C) groups is 1. The number of guanidine groups is 1. The summed E-state index contributed by atoms with van der Waals surface area (Å²) in [6.07, 6.45) is 2.47. The van der Waals surface area contributed by atoms with Gasteiger partial charge < -0.3 is 25.2 Å². The van der Waals surface area contributed by atoms with Crippen LogP contribution in [0.4, 0.5) is 0 Å². The van der Waals surface area contributed by atoms with Crippen LogP contribution < -0.4 is 15.4 Å². The number of benzene rings is 1. The Morgan fingerprint density at radius 3 is 2.66 bits per heavy atom. The van der Waals surface area contributed by atoms with Gasteiger partial charge in [0, 0.05) is 32.7 Å². The molecule has 0 saturated carbocycles. The van der Waals surface area contributed by atoms with Gasteiger partial charge in [-0.1, -0.05) is 12.1 Å². The van der Waals surface area contributed by atoms with Crippen molar-refractivity contribution in [2.75, 3.05) is 72.7 Å². The molecule has 0 bridgehead atoms. The fraction of sp³-hybridized carbons (Fsp3) is 0.708. The van der Waals surface area contributed by atoms with Crippen molar-refractivity contribution in [1.82, 2.24) is 20.4 Å². The SMILES string of the molecule is CCNC(=NCC(C)(O)CN1CCOCC1)NCC(c1cccc(OC)c1)N1CCCC1. The Bertz CT molecular complexity index is 715. The Kier molecular flexibility index (Phi) is 9.59. The van der Waals surface area contributed by atoms with Gasteiger partial charge in [0.1, 0.15) is 5.75 Å². The lowest BCUT2D eigenvalue weighted by Crippen LogP contribution is -2.48. The topological polar surface area (TPSA) is 81.6 Å². The fourth-order valence-electron chi connectivity index (χ4n) is 4.44. The normalized spacial score (nSPS) is 21.2. The van der Waals surface area contributed by atoms with Gasteiger partial charge >= 0.3 is 0 Å². The standard InChI is InChI=1S/C24H41N5O3/c1-4-25-23(27-18-24(2,30)19-28-12-14-32-15-13-28)26-17-22(29-10-5-6-11-29)20-8-7-9-21(16-20)31-3/h7-9,16,22,30H,4-6,10-15,17-19H2,1-3H3,(H2,25,26,27). The minimum atomic E-state index is -0.888. The summed E-state index contributed by atoms with van der Waals surface area (Å²) in [5, 5.41) is 17.8. The van der Waals surface area contributed by atoms with Gasteiger partial charge in [0.25, 0.3) is 0 Å². The molecule has 2 saturated heterocycles. The van der Waals surface area contributed by atoms with E-state index in [9.17, 15) is 5.11 Å². The Morgan fingerprint density at radius 2 is 1.97 bits per heavy atom. The lowest BCUT2D eigenvalue weighted by Gasteiger charge is -2.33. The molecular formula is C24H41N5O3. The summed E-state index contributed by atoms with van der Waals surface area (Å²) in [4.78, 5) is 9.49. The second-order valence-corrected chi connectivity index (χ2v) is 9.00. The van der Waals surface area contributed by atoms with E-state index in [1.165, 1.54) is 18.4 Å². The van der Waals surface area contributed by atoms with E-state index in [1.807, 2.05) is 13.0 Å². The molecule has 0 amide bonds. The molecule has 1 aromatic carbocycles. The van der Waals surface area contributed by atoms with E-state index in [0.717, 1.165) is 64.2 Å². The van der Waals surface area contributed by atoms with Crippen LogP contribution in [0.3, 0.4) is 0 Å². The number of hydrogen-bond acceptors (Lipinski definition) is 6. The second kappa shape index (κ2) is 12.4. The van der Waals surface area contributed by atoms with Gasteiger partial charge in [0.2, 0.25) is 0 Å². The Hall–Kier alpha value is -1.87. The zero-order chi connectivity index (χ0) is 22.8. The van der Waals surface area contributed by atoms with Gasteiger partial charge in [-0.3, -0.25) is 14.8 Å². The molecule has 8 heteroatoms. The number of aliphatic hydroxyl groups is 1. The summed E-state index contributed by atoms with van der Waals surface area (Å²) in [5.41, 5.74) is 0.356. The molecule has 2 aliphatic rings. The van der Waals surface area contributed by atoms with E-state index in [4.69, 9.17) is 14.5 Å². The number of ether oxygens (including phenoxy) is 2. The van der Waals surface area contributed by atoms with Crippen molar-refractivity contribution >= 4 is 5.96 Å².